The summed E-state index contributed by atoms with van der Waals surface area (Å²) in [5.74, 6) is 0.257. The van der Waals surface area contributed by atoms with Crippen molar-refractivity contribution >= 4 is 11.7 Å². The van der Waals surface area contributed by atoms with Crippen molar-refractivity contribution in [3.05, 3.63) is 89.2 Å². The van der Waals surface area contributed by atoms with Crippen LogP contribution >= 0.6 is 0 Å². The van der Waals surface area contributed by atoms with Gasteiger partial charge in [0.2, 0.25) is 0 Å². The van der Waals surface area contributed by atoms with E-state index in [9.17, 15) is 9.90 Å². The largest absolute Gasteiger partial charge is 0.493 e. The quantitative estimate of drug-likeness (QED) is 0.622. The van der Waals surface area contributed by atoms with Gasteiger partial charge < -0.3 is 15.2 Å². The van der Waals surface area contributed by atoms with Crippen molar-refractivity contribution in [1.82, 2.24) is 4.98 Å². The Labute approximate surface area is 170 Å². The van der Waals surface area contributed by atoms with Gasteiger partial charge in [0, 0.05) is 18.7 Å². The lowest BCUT2D eigenvalue weighted by Gasteiger charge is -2.27. The molecular formula is C24H24N2O3. The van der Waals surface area contributed by atoms with Gasteiger partial charge in [-0.2, -0.15) is 0 Å². The molecule has 2 heterocycles. The summed E-state index contributed by atoms with van der Waals surface area (Å²) in [6.07, 6.45) is 5.93. The van der Waals surface area contributed by atoms with Crippen molar-refractivity contribution in [2.45, 2.75) is 25.2 Å². The number of carboxylic acid groups (broad SMARTS) is 1. The molecule has 4 rings (SSSR count). The fraction of sp³-hybridized carbons (Fsp3) is 0.250. The van der Waals surface area contributed by atoms with Crippen LogP contribution in [0.2, 0.25) is 0 Å². The zero-order chi connectivity index (χ0) is 20.1. The maximum absolute atomic E-state index is 11.4. The van der Waals surface area contributed by atoms with Crippen LogP contribution in [0, 0.1) is 0 Å². The Morgan fingerprint density at radius 1 is 1.10 bits per heavy atom. The van der Waals surface area contributed by atoms with E-state index in [-0.39, 0.29) is 11.5 Å². The maximum atomic E-state index is 11.4. The lowest BCUT2D eigenvalue weighted by atomic mass is 9.91. The summed E-state index contributed by atoms with van der Waals surface area (Å²) in [6.45, 7) is 1.31. The predicted octanol–water partition coefficient (Wildman–Crippen LogP) is 4.54. The molecule has 0 saturated carbocycles. The fourth-order valence-electron chi connectivity index (χ4n) is 3.76. The summed E-state index contributed by atoms with van der Waals surface area (Å²) in [5, 5.41) is 12.6. The first-order valence-corrected chi connectivity index (χ1v) is 9.91. The standard InChI is InChI=1S/C24H24N2O3/c27-24(28)21-10-12-25-16-22(21)26-15-19-11-13-29-23-14-18(8-9-20(19)23)7-6-17-4-2-1-3-5-17/h1-5,8-10,12,14,16,19,26H,6-7,11,13,15H2,(H,27,28)/t19-/m0/s1. The number of hydrogen-bond acceptors (Lipinski definition) is 4. The summed E-state index contributed by atoms with van der Waals surface area (Å²) in [6, 6.07) is 18.5. The molecule has 0 spiro atoms. The van der Waals surface area contributed by atoms with Crippen LogP contribution in [0.4, 0.5) is 5.69 Å². The molecule has 1 aliphatic heterocycles. The van der Waals surface area contributed by atoms with Crippen molar-refractivity contribution in [2.24, 2.45) is 0 Å². The van der Waals surface area contributed by atoms with E-state index >= 15 is 0 Å². The highest BCUT2D eigenvalue weighted by Crippen LogP contribution is 2.35. The number of hydrogen-bond donors (Lipinski definition) is 2. The molecule has 0 amide bonds. The van der Waals surface area contributed by atoms with Gasteiger partial charge in [-0.15, -0.1) is 0 Å². The Morgan fingerprint density at radius 3 is 2.76 bits per heavy atom. The SMILES string of the molecule is O=C(O)c1ccncc1NC[C@@H]1CCOc2cc(CCc3ccccc3)ccc21. The van der Waals surface area contributed by atoms with E-state index in [1.807, 2.05) is 6.07 Å². The van der Waals surface area contributed by atoms with Crippen LogP contribution < -0.4 is 10.1 Å². The van der Waals surface area contributed by atoms with Crippen LogP contribution in [0.25, 0.3) is 0 Å². The molecule has 0 saturated heterocycles. The summed E-state index contributed by atoms with van der Waals surface area (Å²) >= 11 is 0. The number of nitrogens with zero attached hydrogens (tertiary/aromatic N) is 1. The van der Waals surface area contributed by atoms with E-state index in [0.29, 0.717) is 18.8 Å². The van der Waals surface area contributed by atoms with Gasteiger partial charge in [0.25, 0.3) is 0 Å². The van der Waals surface area contributed by atoms with Crippen LogP contribution in [-0.2, 0) is 12.8 Å². The molecule has 0 fully saturated rings. The van der Waals surface area contributed by atoms with E-state index in [4.69, 9.17) is 4.74 Å². The molecule has 0 radical (unpaired) electrons. The van der Waals surface area contributed by atoms with E-state index in [2.05, 4.69) is 52.8 Å². The number of anilines is 1. The molecule has 5 heteroatoms. The van der Waals surface area contributed by atoms with Crippen LogP contribution in [0.15, 0.2) is 67.0 Å². The van der Waals surface area contributed by atoms with Gasteiger partial charge in [-0.25, -0.2) is 4.79 Å². The lowest BCUT2D eigenvalue weighted by molar-refractivity contribution is 0.0697. The number of aromatic carboxylic acids is 1. The second kappa shape index (κ2) is 8.78. The Kier molecular flexibility index (Phi) is 5.75. The molecule has 5 nitrogen and oxygen atoms in total. The average Bonchev–Trinajstić information content (AvgIpc) is 2.77. The molecule has 1 aromatic heterocycles. The molecular weight excluding hydrogens is 364 g/mol. The molecule has 0 bridgehead atoms. The second-order valence-corrected chi connectivity index (χ2v) is 7.30. The fourth-order valence-corrected chi connectivity index (χ4v) is 3.76. The third-order valence-corrected chi connectivity index (χ3v) is 5.38. The maximum Gasteiger partial charge on any atom is 0.337 e. The van der Waals surface area contributed by atoms with Crippen LogP contribution in [0.1, 0.15) is 39.4 Å². The highest BCUT2D eigenvalue weighted by Gasteiger charge is 2.22. The number of carboxylic acids is 1. The van der Waals surface area contributed by atoms with Crippen LogP contribution in [0.3, 0.4) is 0 Å². The Morgan fingerprint density at radius 2 is 1.93 bits per heavy atom. The van der Waals surface area contributed by atoms with E-state index in [1.54, 1.807) is 6.20 Å². The number of pyridine rings is 1. The summed E-state index contributed by atoms with van der Waals surface area (Å²) in [7, 11) is 0. The molecule has 1 aliphatic rings. The number of nitrogens with one attached hydrogen (secondary N) is 1. The Balaban J connectivity index is 1.44. The van der Waals surface area contributed by atoms with Crippen molar-refractivity contribution in [1.29, 1.82) is 0 Å². The van der Waals surface area contributed by atoms with E-state index in [1.165, 1.54) is 29.0 Å². The predicted molar refractivity (Wildman–Crippen MR) is 113 cm³/mol. The average molecular weight is 388 g/mol. The van der Waals surface area contributed by atoms with Gasteiger partial charge in [0.15, 0.2) is 0 Å². The molecule has 2 N–H and O–H groups in total. The van der Waals surface area contributed by atoms with Crippen molar-refractivity contribution < 1.29 is 14.6 Å². The van der Waals surface area contributed by atoms with E-state index < -0.39 is 5.97 Å². The molecule has 3 aromatic rings. The van der Waals surface area contributed by atoms with Gasteiger partial charge in [0.05, 0.1) is 24.1 Å². The van der Waals surface area contributed by atoms with Crippen LogP contribution in [0.5, 0.6) is 5.75 Å². The summed E-state index contributed by atoms with van der Waals surface area (Å²) in [5.41, 5.74) is 4.56. The topological polar surface area (TPSA) is 71.5 Å². The first-order valence-electron chi connectivity index (χ1n) is 9.91. The summed E-state index contributed by atoms with van der Waals surface area (Å²) in [4.78, 5) is 15.4. The zero-order valence-electron chi connectivity index (χ0n) is 16.2. The number of carbonyl (C=O) groups is 1. The third kappa shape index (κ3) is 4.57. The Hall–Kier alpha value is -3.34. The normalized spacial score (nSPS) is 15.2. The number of ether oxygens (including phenoxy) is 1. The van der Waals surface area contributed by atoms with Gasteiger partial charge >= 0.3 is 5.97 Å². The Bertz CT molecular complexity index is 988. The number of benzene rings is 2. The van der Waals surface area contributed by atoms with Crippen molar-refractivity contribution in [3.63, 3.8) is 0 Å². The highest BCUT2D eigenvalue weighted by molar-refractivity contribution is 5.93. The molecule has 1 atom stereocenters. The zero-order valence-corrected chi connectivity index (χ0v) is 16.2. The minimum atomic E-state index is -0.953. The molecule has 0 aliphatic carbocycles. The van der Waals surface area contributed by atoms with Crippen LogP contribution in [-0.4, -0.2) is 29.2 Å². The van der Waals surface area contributed by atoms with E-state index in [0.717, 1.165) is 25.0 Å². The monoisotopic (exact) mass is 388 g/mol. The molecule has 148 valence electrons. The minimum absolute atomic E-state index is 0.239. The second-order valence-electron chi connectivity index (χ2n) is 7.30. The number of aromatic nitrogens is 1. The minimum Gasteiger partial charge on any atom is -0.493 e. The molecule has 2 aromatic carbocycles. The van der Waals surface area contributed by atoms with Gasteiger partial charge in [0.1, 0.15) is 5.75 Å². The highest BCUT2D eigenvalue weighted by atomic mass is 16.5. The third-order valence-electron chi connectivity index (χ3n) is 5.38. The lowest BCUT2D eigenvalue weighted by Crippen LogP contribution is -2.21. The van der Waals surface area contributed by atoms with Crippen molar-refractivity contribution in [2.75, 3.05) is 18.5 Å². The number of fused-ring (bicyclic) bond motifs is 1. The molecule has 29 heavy (non-hydrogen) atoms. The molecule has 0 unspecified atom stereocenters. The smallest absolute Gasteiger partial charge is 0.337 e. The van der Waals surface area contributed by atoms with Gasteiger partial charge in [-0.05, 0) is 48.1 Å². The van der Waals surface area contributed by atoms with Gasteiger partial charge in [-0.1, -0.05) is 42.5 Å². The number of aryl methyl sites for hydroxylation is 2. The first-order chi connectivity index (χ1) is 14.2. The van der Waals surface area contributed by atoms with Gasteiger partial charge in [-0.3, -0.25) is 4.98 Å². The first kappa shape index (κ1) is 19.0. The number of rotatable bonds is 7. The summed E-state index contributed by atoms with van der Waals surface area (Å²) < 4.78 is 5.93. The van der Waals surface area contributed by atoms with Crippen molar-refractivity contribution in [3.8, 4) is 5.75 Å².